The van der Waals surface area contributed by atoms with E-state index >= 15 is 0 Å². The van der Waals surface area contributed by atoms with Crippen molar-refractivity contribution in [1.82, 2.24) is 5.16 Å². The molecule has 0 radical (unpaired) electrons. The number of ether oxygens (including phenoxy) is 2. The van der Waals surface area contributed by atoms with E-state index in [-0.39, 0.29) is 24.4 Å². The Hall–Kier alpha value is -2.97. The van der Waals surface area contributed by atoms with Gasteiger partial charge in [0, 0.05) is 6.07 Å². The number of halogens is 2. The maximum Gasteiger partial charge on any atom is 0.387 e. The monoisotopic (exact) mass is 368 g/mol. The van der Waals surface area contributed by atoms with Crippen molar-refractivity contribution in [3.63, 3.8) is 0 Å². The van der Waals surface area contributed by atoms with Gasteiger partial charge in [-0.15, -0.1) is 0 Å². The lowest BCUT2D eigenvalue weighted by atomic mass is 10.1. The Kier molecular flexibility index (Phi) is 6.65. The second-order valence-corrected chi connectivity index (χ2v) is 5.40. The Morgan fingerprint density at radius 1 is 1.27 bits per heavy atom. The van der Waals surface area contributed by atoms with Gasteiger partial charge < -0.3 is 19.3 Å². The topological polar surface area (TPSA) is 90.7 Å². The number of alkyl halides is 2. The van der Waals surface area contributed by atoms with Crippen LogP contribution in [0.4, 0.5) is 14.6 Å². The number of aromatic nitrogens is 1. The van der Waals surface area contributed by atoms with Crippen LogP contribution in [0.1, 0.15) is 24.7 Å². The molecule has 1 aromatic heterocycles. The van der Waals surface area contributed by atoms with E-state index in [0.29, 0.717) is 11.3 Å². The van der Waals surface area contributed by atoms with Crippen LogP contribution < -0.4 is 10.1 Å². The number of amides is 1. The largest absolute Gasteiger partial charge is 0.452 e. The van der Waals surface area contributed by atoms with Crippen LogP contribution in [0, 0.1) is 6.92 Å². The van der Waals surface area contributed by atoms with Gasteiger partial charge in [-0.25, -0.2) is 0 Å². The first-order valence-corrected chi connectivity index (χ1v) is 7.84. The summed E-state index contributed by atoms with van der Waals surface area (Å²) in [7, 11) is 0. The zero-order valence-corrected chi connectivity index (χ0v) is 14.2. The van der Waals surface area contributed by atoms with Crippen molar-refractivity contribution in [2.75, 3.05) is 5.32 Å². The number of nitrogens with zero attached hydrogens (tertiary/aromatic N) is 1. The van der Waals surface area contributed by atoms with Gasteiger partial charge in [-0.05, 0) is 31.0 Å². The van der Waals surface area contributed by atoms with Crippen molar-refractivity contribution in [3.8, 4) is 5.75 Å². The predicted octanol–water partition coefficient (Wildman–Crippen LogP) is 3.09. The number of hydrogen-bond donors (Lipinski definition) is 1. The van der Waals surface area contributed by atoms with Gasteiger partial charge >= 0.3 is 12.6 Å². The molecule has 0 saturated heterocycles. The first-order chi connectivity index (χ1) is 12.4. The fourth-order valence-electron chi connectivity index (χ4n) is 2.11. The molecule has 140 valence electrons. The van der Waals surface area contributed by atoms with Gasteiger partial charge in [0.15, 0.2) is 11.9 Å². The molecule has 0 aliphatic rings. The molecule has 0 aliphatic carbocycles. The van der Waals surface area contributed by atoms with Crippen LogP contribution >= 0.6 is 0 Å². The molecule has 1 atom stereocenters. The van der Waals surface area contributed by atoms with Crippen LogP contribution in [-0.4, -0.2) is 29.7 Å². The molecule has 0 bridgehead atoms. The van der Waals surface area contributed by atoms with E-state index in [4.69, 9.17) is 9.26 Å². The van der Waals surface area contributed by atoms with E-state index in [1.807, 2.05) is 0 Å². The van der Waals surface area contributed by atoms with Gasteiger partial charge in [-0.2, -0.15) is 8.78 Å². The molecule has 1 unspecified atom stereocenters. The Bertz CT molecular complexity index is 746. The summed E-state index contributed by atoms with van der Waals surface area (Å²) in [5, 5.41) is 6.14. The number of benzene rings is 1. The summed E-state index contributed by atoms with van der Waals surface area (Å²) in [6.45, 7) is 0.461. The average Bonchev–Trinajstić information content (AvgIpc) is 2.98. The van der Waals surface area contributed by atoms with Gasteiger partial charge in [0.25, 0.3) is 5.91 Å². The van der Waals surface area contributed by atoms with E-state index in [0.717, 1.165) is 0 Å². The summed E-state index contributed by atoms with van der Waals surface area (Å²) in [5.41, 5.74) is 0.541. The van der Waals surface area contributed by atoms with Crippen molar-refractivity contribution in [2.45, 2.75) is 39.4 Å². The number of rotatable bonds is 8. The van der Waals surface area contributed by atoms with Crippen molar-refractivity contribution in [2.24, 2.45) is 0 Å². The van der Waals surface area contributed by atoms with Crippen molar-refractivity contribution in [1.29, 1.82) is 0 Å². The zero-order chi connectivity index (χ0) is 19.1. The summed E-state index contributed by atoms with van der Waals surface area (Å²) >= 11 is 0. The summed E-state index contributed by atoms with van der Waals surface area (Å²) in [6, 6.07) is 7.13. The van der Waals surface area contributed by atoms with Crippen LogP contribution in [0.25, 0.3) is 0 Å². The van der Waals surface area contributed by atoms with Crippen LogP contribution in [0.15, 0.2) is 34.9 Å². The molecule has 0 spiro atoms. The Balaban J connectivity index is 1.88. The fourth-order valence-corrected chi connectivity index (χ4v) is 2.11. The number of esters is 1. The third-order valence-corrected chi connectivity index (χ3v) is 3.31. The van der Waals surface area contributed by atoms with Crippen LogP contribution in [0.2, 0.25) is 0 Å². The summed E-state index contributed by atoms with van der Waals surface area (Å²) in [6.07, 6.45) is -0.821. The standard InChI is InChI=1S/C17H18F2N2O5/c1-3-13(16(23)20-14-8-10(2)26-21-14)25-15(22)9-11-4-6-12(7-5-11)24-17(18)19/h4-8,13,17H,3,9H2,1-2H3,(H,20,21,23). The smallest absolute Gasteiger partial charge is 0.387 e. The molecule has 2 rings (SSSR count). The Morgan fingerprint density at radius 2 is 1.96 bits per heavy atom. The maximum atomic E-state index is 12.1. The Labute approximate surface area is 148 Å². The second kappa shape index (κ2) is 8.93. The number of aryl methyl sites for hydroxylation is 1. The normalized spacial score (nSPS) is 11.9. The highest BCUT2D eigenvalue weighted by molar-refractivity contribution is 5.94. The maximum absolute atomic E-state index is 12.1. The van der Waals surface area contributed by atoms with Gasteiger partial charge in [0.2, 0.25) is 0 Å². The lowest BCUT2D eigenvalue weighted by molar-refractivity contribution is -0.153. The van der Waals surface area contributed by atoms with Crippen LogP contribution in [0.5, 0.6) is 5.75 Å². The number of carbonyl (C=O) groups is 2. The lowest BCUT2D eigenvalue weighted by Gasteiger charge is -2.15. The number of hydrogen-bond acceptors (Lipinski definition) is 6. The summed E-state index contributed by atoms with van der Waals surface area (Å²) < 4.78 is 38.5. The summed E-state index contributed by atoms with van der Waals surface area (Å²) in [4.78, 5) is 24.1. The van der Waals surface area contributed by atoms with Gasteiger partial charge in [-0.3, -0.25) is 9.59 Å². The number of nitrogens with one attached hydrogen (secondary N) is 1. The third-order valence-electron chi connectivity index (χ3n) is 3.31. The minimum atomic E-state index is -2.91. The SMILES string of the molecule is CCC(OC(=O)Cc1ccc(OC(F)F)cc1)C(=O)Nc1cc(C)on1. The molecule has 1 N–H and O–H groups in total. The molecule has 2 aromatic rings. The minimum Gasteiger partial charge on any atom is -0.452 e. The molecule has 1 heterocycles. The molecule has 1 aromatic carbocycles. The average molecular weight is 368 g/mol. The molecule has 0 saturated carbocycles. The van der Waals surface area contributed by atoms with E-state index in [2.05, 4.69) is 15.2 Å². The summed E-state index contributed by atoms with van der Waals surface area (Å²) in [5.74, 6) is -0.382. The Morgan fingerprint density at radius 3 is 2.50 bits per heavy atom. The van der Waals surface area contributed by atoms with E-state index in [9.17, 15) is 18.4 Å². The van der Waals surface area contributed by atoms with Gasteiger partial charge in [-0.1, -0.05) is 24.2 Å². The van der Waals surface area contributed by atoms with E-state index in [1.54, 1.807) is 13.8 Å². The molecule has 0 fully saturated rings. The first-order valence-electron chi connectivity index (χ1n) is 7.84. The highest BCUT2D eigenvalue weighted by Gasteiger charge is 2.22. The molecular formula is C17H18F2N2O5. The van der Waals surface area contributed by atoms with Crippen LogP contribution in [0.3, 0.4) is 0 Å². The molecule has 26 heavy (non-hydrogen) atoms. The molecule has 7 nitrogen and oxygen atoms in total. The van der Waals surface area contributed by atoms with Crippen LogP contribution in [-0.2, 0) is 20.7 Å². The number of anilines is 1. The lowest BCUT2D eigenvalue weighted by Crippen LogP contribution is -2.32. The molecule has 1 amide bonds. The van der Waals surface area contributed by atoms with Crippen molar-refractivity contribution in [3.05, 3.63) is 41.7 Å². The van der Waals surface area contributed by atoms with E-state index in [1.165, 1.54) is 30.3 Å². The third kappa shape index (κ3) is 5.83. The predicted molar refractivity (Wildman–Crippen MR) is 86.8 cm³/mol. The number of carbonyl (C=O) groups excluding carboxylic acids is 2. The van der Waals surface area contributed by atoms with Crippen molar-refractivity contribution < 1.29 is 32.4 Å². The minimum absolute atomic E-state index is 0.00849. The van der Waals surface area contributed by atoms with Gasteiger partial charge in [0.1, 0.15) is 11.5 Å². The quantitative estimate of drug-likeness (QED) is 0.720. The first kappa shape index (κ1) is 19.4. The zero-order valence-electron chi connectivity index (χ0n) is 14.2. The highest BCUT2D eigenvalue weighted by Crippen LogP contribution is 2.16. The molecule has 0 aliphatic heterocycles. The van der Waals surface area contributed by atoms with E-state index < -0.39 is 24.6 Å². The molecule has 9 heteroatoms. The molecular weight excluding hydrogens is 350 g/mol. The van der Waals surface area contributed by atoms with Crippen molar-refractivity contribution >= 4 is 17.7 Å². The fraction of sp³-hybridized carbons (Fsp3) is 0.353. The second-order valence-electron chi connectivity index (χ2n) is 5.40. The van der Waals surface area contributed by atoms with Gasteiger partial charge in [0.05, 0.1) is 6.42 Å². The highest BCUT2D eigenvalue weighted by atomic mass is 19.3.